The molecule has 1 N–H and O–H groups in total. The summed E-state index contributed by atoms with van der Waals surface area (Å²) in [6, 6.07) is 3.17. The summed E-state index contributed by atoms with van der Waals surface area (Å²) in [6.45, 7) is 4.32. The molecular weight excluding hydrogens is 210 g/mol. The zero-order valence-electron chi connectivity index (χ0n) is 11.2. The van der Waals surface area contributed by atoms with Crippen LogP contribution in [0.3, 0.4) is 0 Å². The number of nitrogens with zero attached hydrogens (tertiary/aromatic N) is 2. The zero-order valence-corrected chi connectivity index (χ0v) is 11.2. The fourth-order valence-corrected chi connectivity index (χ4v) is 2.51. The van der Waals surface area contributed by atoms with Gasteiger partial charge in [-0.05, 0) is 26.7 Å². The minimum atomic E-state index is 0.447. The largest absolute Gasteiger partial charge is 0.366 e. The van der Waals surface area contributed by atoms with Gasteiger partial charge < -0.3 is 5.32 Å². The van der Waals surface area contributed by atoms with E-state index in [2.05, 4.69) is 36.5 Å². The van der Waals surface area contributed by atoms with Gasteiger partial charge in [-0.3, -0.25) is 4.68 Å². The van der Waals surface area contributed by atoms with Gasteiger partial charge in [-0.2, -0.15) is 5.10 Å². The number of nitrogens with one attached hydrogen (secondary N) is 1. The van der Waals surface area contributed by atoms with E-state index in [1.807, 2.05) is 4.68 Å². The SMILES string of the molecule is CC(C)n1ccc(NC2CCCCCCC2)n1. The van der Waals surface area contributed by atoms with Crippen LogP contribution in [0, 0.1) is 0 Å². The summed E-state index contributed by atoms with van der Waals surface area (Å²) < 4.78 is 2.02. The lowest BCUT2D eigenvalue weighted by atomic mass is 9.97. The molecule has 3 nitrogen and oxygen atoms in total. The smallest absolute Gasteiger partial charge is 0.148 e. The van der Waals surface area contributed by atoms with Crippen molar-refractivity contribution in [3.63, 3.8) is 0 Å². The van der Waals surface area contributed by atoms with Crippen LogP contribution in [0.15, 0.2) is 12.3 Å². The molecule has 1 aromatic rings. The highest BCUT2D eigenvalue weighted by molar-refractivity contribution is 5.33. The number of hydrogen-bond donors (Lipinski definition) is 1. The maximum Gasteiger partial charge on any atom is 0.148 e. The van der Waals surface area contributed by atoms with Crippen molar-refractivity contribution in [3.8, 4) is 0 Å². The van der Waals surface area contributed by atoms with Gasteiger partial charge in [0.15, 0.2) is 0 Å². The molecule has 96 valence electrons. The van der Waals surface area contributed by atoms with Gasteiger partial charge in [-0.15, -0.1) is 0 Å². The predicted molar refractivity (Wildman–Crippen MR) is 72.3 cm³/mol. The van der Waals surface area contributed by atoms with Crippen LogP contribution < -0.4 is 5.32 Å². The fourth-order valence-electron chi connectivity index (χ4n) is 2.51. The van der Waals surface area contributed by atoms with E-state index in [4.69, 9.17) is 0 Å². The molecule has 0 amide bonds. The van der Waals surface area contributed by atoms with E-state index >= 15 is 0 Å². The minimum Gasteiger partial charge on any atom is -0.366 e. The molecule has 0 saturated heterocycles. The Morgan fingerprint density at radius 2 is 1.82 bits per heavy atom. The van der Waals surface area contributed by atoms with E-state index < -0.39 is 0 Å². The third-order valence-corrected chi connectivity index (χ3v) is 3.59. The van der Waals surface area contributed by atoms with Crippen molar-refractivity contribution < 1.29 is 0 Å². The topological polar surface area (TPSA) is 29.9 Å². The van der Waals surface area contributed by atoms with Gasteiger partial charge in [0, 0.05) is 24.3 Å². The van der Waals surface area contributed by atoms with Crippen molar-refractivity contribution in [3.05, 3.63) is 12.3 Å². The van der Waals surface area contributed by atoms with Crippen molar-refractivity contribution >= 4 is 5.82 Å². The summed E-state index contributed by atoms with van der Waals surface area (Å²) in [5.41, 5.74) is 0. The van der Waals surface area contributed by atoms with Gasteiger partial charge in [0.05, 0.1) is 0 Å². The lowest BCUT2D eigenvalue weighted by Gasteiger charge is -2.20. The highest BCUT2D eigenvalue weighted by Crippen LogP contribution is 2.20. The molecule has 0 aromatic carbocycles. The van der Waals surface area contributed by atoms with Gasteiger partial charge in [0.2, 0.25) is 0 Å². The molecule has 2 rings (SSSR count). The maximum absolute atomic E-state index is 4.56. The quantitative estimate of drug-likeness (QED) is 0.858. The first kappa shape index (κ1) is 12.5. The van der Waals surface area contributed by atoms with Crippen LogP contribution in [-0.2, 0) is 0 Å². The molecule has 1 fully saturated rings. The summed E-state index contributed by atoms with van der Waals surface area (Å²) in [7, 11) is 0. The van der Waals surface area contributed by atoms with Crippen LogP contribution in [0.25, 0.3) is 0 Å². The molecule has 3 heteroatoms. The van der Waals surface area contributed by atoms with Gasteiger partial charge >= 0.3 is 0 Å². The molecule has 1 saturated carbocycles. The third kappa shape index (κ3) is 3.76. The molecule has 0 radical (unpaired) electrons. The van der Waals surface area contributed by atoms with Crippen LogP contribution in [0.5, 0.6) is 0 Å². The van der Waals surface area contributed by atoms with Gasteiger partial charge in [-0.25, -0.2) is 0 Å². The average Bonchev–Trinajstić information content (AvgIpc) is 2.70. The molecule has 0 spiro atoms. The number of hydrogen-bond acceptors (Lipinski definition) is 2. The van der Waals surface area contributed by atoms with Crippen molar-refractivity contribution in [2.75, 3.05) is 5.32 Å². The molecule has 1 aliphatic carbocycles. The van der Waals surface area contributed by atoms with Gasteiger partial charge in [0.1, 0.15) is 5.82 Å². The maximum atomic E-state index is 4.56. The van der Waals surface area contributed by atoms with E-state index in [1.165, 1.54) is 44.9 Å². The molecule has 1 heterocycles. The molecule has 0 unspecified atom stereocenters. The molecule has 0 aliphatic heterocycles. The first-order chi connectivity index (χ1) is 8.25. The highest BCUT2D eigenvalue weighted by atomic mass is 15.3. The fraction of sp³-hybridized carbons (Fsp3) is 0.786. The molecule has 17 heavy (non-hydrogen) atoms. The summed E-state index contributed by atoms with van der Waals surface area (Å²) >= 11 is 0. The lowest BCUT2D eigenvalue weighted by molar-refractivity contribution is 0.469. The monoisotopic (exact) mass is 235 g/mol. The highest BCUT2D eigenvalue weighted by Gasteiger charge is 2.12. The molecule has 0 bridgehead atoms. The van der Waals surface area contributed by atoms with Crippen molar-refractivity contribution in [2.24, 2.45) is 0 Å². The minimum absolute atomic E-state index is 0.447. The summed E-state index contributed by atoms with van der Waals surface area (Å²) in [4.78, 5) is 0. The Morgan fingerprint density at radius 3 is 2.41 bits per heavy atom. The van der Waals surface area contributed by atoms with Crippen LogP contribution in [0.4, 0.5) is 5.82 Å². The Labute approximate surface area is 105 Å². The molecule has 1 aliphatic rings. The Bertz CT molecular complexity index is 322. The summed E-state index contributed by atoms with van der Waals surface area (Å²) in [5.74, 6) is 1.05. The summed E-state index contributed by atoms with van der Waals surface area (Å²) in [6.07, 6.45) is 11.6. The zero-order chi connectivity index (χ0) is 12.1. The standard InChI is InChI=1S/C14H25N3/c1-12(2)17-11-10-14(16-17)15-13-8-6-4-3-5-7-9-13/h10-13H,3-9H2,1-2H3,(H,15,16). The van der Waals surface area contributed by atoms with Crippen LogP contribution in [-0.4, -0.2) is 15.8 Å². The second-order valence-corrected chi connectivity index (χ2v) is 5.46. The van der Waals surface area contributed by atoms with E-state index in [0.29, 0.717) is 12.1 Å². The normalized spacial score (nSPS) is 19.0. The first-order valence-corrected chi connectivity index (χ1v) is 7.07. The van der Waals surface area contributed by atoms with Gasteiger partial charge in [0.25, 0.3) is 0 Å². The van der Waals surface area contributed by atoms with Crippen LogP contribution in [0.2, 0.25) is 0 Å². The number of anilines is 1. The van der Waals surface area contributed by atoms with Gasteiger partial charge in [-0.1, -0.05) is 32.1 Å². The van der Waals surface area contributed by atoms with Crippen LogP contribution in [0.1, 0.15) is 64.8 Å². The van der Waals surface area contributed by atoms with E-state index in [1.54, 1.807) is 0 Å². The first-order valence-electron chi connectivity index (χ1n) is 7.07. The van der Waals surface area contributed by atoms with E-state index in [9.17, 15) is 0 Å². The Kier molecular flexibility index (Phi) is 4.46. The molecule has 1 aromatic heterocycles. The summed E-state index contributed by atoms with van der Waals surface area (Å²) in [5, 5.41) is 8.16. The van der Waals surface area contributed by atoms with Crippen molar-refractivity contribution in [1.82, 2.24) is 9.78 Å². The Balaban J connectivity index is 1.89. The molecule has 0 atom stereocenters. The average molecular weight is 235 g/mol. The van der Waals surface area contributed by atoms with E-state index in [0.717, 1.165) is 5.82 Å². The lowest BCUT2D eigenvalue weighted by Crippen LogP contribution is -2.21. The van der Waals surface area contributed by atoms with Crippen molar-refractivity contribution in [1.29, 1.82) is 0 Å². The second-order valence-electron chi connectivity index (χ2n) is 5.46. The Hall–Kier alpha value is -0.990. The second kappa shape index (κ2) is 6.08. The number of aromatic nitrogens is 2. The van der Waals surface area contributed by atoms with E-state index in [-0.39, 0.29) is 0 Å². The predicted octanol–water partition coefficient (Wildman–Crippen LogP) is 3.99. The Morgan fingerprint density at radius 1 is 1.18 bits per heavy atom. The third-order valence-electron chi connectivity index (χ3n) is 3.59. The molecular formula is C14H25N3. The van der Waals surface area contributed by atoms with Crippen LogP contribution >= 0.6 is 0 Å². The van der Waals surface area contributed by atoms with Crippen molar-refractivity contribution in [2.45, 2.75) is 70.9 Å². The number of rotatable bonds is 3.